The van der Waals surface area contributed by atoms with Gasteiger partial charge >= 0.3 is 0 Å². The number of nitrogens with zero attached hydrogens (tertiary/aromatic N) is 1. The molecule has 1 saturated heterocycles. The fourth-order valence-electron chi connectivity index (χ4n) is 9.82. The molecule has 4 aliphatic carbocycles. The minimum absolute atomic E-state index is 0.0317. The molecule has 4 N–H and O–H groups in total. The second-order valence-electron chi connectivity index (χ2n) is 13.9. The number of H-pyrrole nitrogens is 1. The normalized spacial score (nSPS) is 34.0. The van der Waals surface area contributed by atoms with Crippen molar-refractivity contribution in [3.05, 3.63) is 58.8 Å². The van der Waals surface area contributed by atoms with Crippen LogP contribution in [0.2, 0.25) is 0 Å². The average molecular weight is 554 g/mol. The number of ether oxygens (including phenoxy) is 1. The molecule has 2 bridgehead atoms. The summed E-state index contributed by atoms with van der Waals surface area (Å²) in [7, 11) is 0. The molecule has 4 fully saturated rings. The first-order valence-corrected chi connectivity index (χ1v) is 15.9. The summed E-state index contributed by atoms with van der Waals surface area (Å²) in [6, 6.07) is 9.58. The number of aromatic nitrogens is 1. The first-order valence-electron chi connectivity index (χ1n) is 15.9. The van der Waals surface area contributed by atoms with Crippen LogP contribution in [0.5, 0.6) is 11.5 Å². The maximum absolute atomic E-state index is 14.0. The Morgan fingerprint density at radius 2 is 1.95 bits per heavy atom. The van der Waals surface area contributed by atoms with Crippen molar-refractivity contribution in [2.75, 3.05) is 13.1 Å². The smallest absolute Gasteiger partial charge is 0.253 e. The lowest BCUT2D eigenvalue weighted by molar-refractivity contribution is -0.191. The van der Waals surface area contributed by atoms with E-state index in [-0.39, 0.29) is 23.7 Å². The molecule has 9 rings (SSSR count). The fraction of sp³-hybridized carbons (Fsp3) is 0.559. The van der Waals surface area contributed by atoms with E-state index in [1.807, 2.05) is 18.2 Å². The van der Waals surface area contributed by atoms with Crippen molar-refractivity contribution in [2.45, 2.75) is 99.3 Å². The number of amides is 1. The lowest BCUT2D eigenvalue weighted by Crippen LogP contribution is -2.78. The zero-order valence-corrected chi connectivity index (χ0v) is 23.5. The predicted molar refractivity (Wildman–Crippen MR) is 156 cm³/mol. The summed E-state index contributed by atoms with van der Waals surface area (Å²) in [6.45, 7) is 1.96. The Morgan fingerprint density at radius 1 is 1.10 bits per heavy atom. The predicted octanol–water partition coefficient (Wildman–Crippen LogP) is 4.89. The highest BCUT2D eigenvalue weighted by atomic mass is 16.5. The maximum atomic E-state index is 14.0. The van der Waals surface area contributed by atoms with E-state index >= 15 is 0 Å². The molecule has 1 spiro atoms. The Morgan fingerprint density at radius 3 is 2.78 bits per heavy atom. The summed E-state index contributed by atoms with van der Waals surface area (Å²) in [6.07, 6.45) is 12.0. The van der Waals surface area contributed by atoms with Crippen LogP contribution >= 0.6 is 0 Å². The average Bonchev–Trinajstić information content (AvgIpc) is 3.33. The van der Waals surface area contributed by atoms with Crippen LogP contribution in [0, 0.1) is 5.92 Å². The molecular weight excluding hydrogens is 514 g/mol. The van der Waals surface area contributed by atoms with E-state index in [1.165, 1.54) is 49.7 Å². The first-order chi connectivity index (χ1) is 20.0. The van der Waals surface area contributed by atoms with Crippen LogP contribution in [-0.4, -0.2) is 62.9 Å². The molecule has 0 unspecified atom stereocenters. The molecule has 6 aliphatic rings. The van der Waals surface area contributed by atoms with Crippen LogP contribution in [0.15, 0.2) is 36.5 Å². The molecule has 3 aromatic rings. The van der Waals surface area contributed by atoms with Crippen LogP contribution in [-0.2, 0) is 11.8 Å². The van der Waals surface area contributed by atoms with Crippen LogP contribution in [0.3, 0.4) is 0 Å². The van der Waals surface area contributed by atoms with Crippen molar-refractivity contribution in [1.29, 1.82) is 0 Å². The fourth-order valence-corrected chi connectivity index (χ4v) is 9.82. The molecule has 1 aromatic heterocycles. The van der Waals surface area contributed by atoms with Gasteiger partial charge in [0.05, 0.1) is 28.1 Å². The number of fused-ring (bicyclic) bond motifs is 1. The number of likely N-dealkylation sites (tertiary alicyclic amines) is 1. The third-order valence-electron chi connectivity index (χ3n) is 11.9. The lowest BCUT2D eigenvalue weighted by atomic mass is 9.48. The molecule has 7 heteroatoms. The number of aromatic amines is 1. The van der Waals surface area contributed by atoms with Crippen molar-refractivity contribution in [2.24, 2.45) is 5.92 Å². The van der Waals surface area contributed by atoms with Gasteiger partial charge in [-0.2, -0.15) is 0 Å². The van der Waals surface area contributed by atoms with Crippen LogP contribution in [0.1, 0.15) is 90.8 Å². The zero-order chi connectivity index (χ0) is 27.5. The number of para-hydroxylation sites is 1. The van der Waals surface area contributed by atoms with Gasteiger partial charge in [0, 0.05) is 29.7 Å². The third kappa shape index (κ3) is 3.25. The maximum Gasteiger partial charge on any atom is 0.253 e. The Kier molecular flexibility index (Phi) is 5.10. The van der Waals surface area contributed by atoms with Crippen LogP contribution in [0.4, 0.5) is 0 Å². The highest BCUT2D eigenvalue weighted by Gasteiger charge is 2.73. The Labute approximate surface area is 240 Å². The molecule has 214 valence electrons. The molecular formula is C34H39N3O4. The van der Waals surface area contributed by atoms with Gasteiger partial charge in [0.2, 0.25) is 0 Å². The summed E-state index contributed by atoms with van der Waals surface area (Å²) in [5.74, 6) is 1.86. The van der Waals surface area contributed by atoms with Crippen molar-refractivity contribution in [1.82, 2.24) is 15.2 Å². The number of rotatable bonds is 5. The van der Waals surface area contributed by atoms with Gasteiger partial charge in [0.15, 0.2) is 11.5 Å². The summed E-state index contributed by atoms with van der Waals surface area (Å²) in [4.78, 5) is 20.0. The SMILES string of the molecule is O=C(N[C@@H]1CC[C@@]2(O)[C@H]3Cc4ccc(O)c5c4[C@@]2(CCN3CC2CC2)[C@H]1O5)c1cccc2c(C3CCCC3)c[nH]c12. The summed E-state index contributed by atoms with van der Waals surface area (Å²) < 4.78 is 6.66. The van der Waals surface area contributed by atoms with Gasteiger partial charge < -0.3 is 25.3 Å². The minimum atomic E-state index is -0.951. The largest absolute Gasteiger partial charge is 0.504 e. The van der Waals surface area contributed by atoms with E-state index in [1.54, 1.807) is 6.07 Å². The number of nitrogens with one attached hydrogen (secondary N) is 2. The quantitative estimate of drug-likeness (QED) is 0.361. The number of carbonyl (C=O) groups excluding carboxylic acids is 1. The summed E-state index contributed by atoms with van der Waals surface area (Å²) in [5.41, 5.74) is 3.48. The van der Waals surface area contributed by atoms with Crippen molar-refractivity contribution in [3.63, 3.8) is 0 Å². The zero-order valence-electron chi connectivity index (χ0n) is 23.5. The van der Waals surface area contributed by atoms with Gasteiger partial charge in [0.1, 0.15) is 6.10 Å². The lowest BCUT2D eigenvalue weighted by Gasteiger charge is -2.64. The number of phenols is 1. The Balaban J connectivity index is 1.08. The van der Waals surface area contributed by atoms with Crippen molar-refractivity contribution >= 4 is 16.8 Å². The number of piperidine rings is 1. The van der Waals surface area contributed by atoms with Crippen molar-refractivity contribution in [3.8, 4) is 11.5 Å². The van der Waals surface area contributed by atoms with Crippen LogP contribution < -0.4 is 10.1 Å². The molecule has 1 amide bonds. The molecule has 3 saturated carbocycles. The van der Waals surface area contributed by atoms with Gasteiger partial charge in [-0.3, -0.25) is 9.69 Å². The van der Waals surface area contributed by atoms with Crippen LogP contribution in [0.25, 0.3) is 10.9 Å². The number of phenolic OH excluding ortho intramolecular Hbond substituents is 1. The minimum Gasteiger partial charge on any atom is -0.504 e. The number of aromatic hydroxyl groups is 1. The Bertz CT molecular complexity index is 1570. The number of benzene rings is 2. The second-order valence-corrected chi connectivity index (χ2v) is 13.9. The molecule has 7 nitrogen and oxygen atoms in total. The van der Waals surface area contributed by atoms with Gasteiger partial charge in [0.25, 0.3) is 5.91 Å². The van der Waals surface area contributed by atoms with Gasteiger partial charge in [-0.25, -0.2) is 0 Å². The van der Waals surface area contributed by atoms with E-state index < -0.39 is 17.1 Å². The van der Waals surface area contributed by atoms with Gasteiger partial charge in [-0.15, -0.1) is 0 Å². The van der Waals surface area contributed by atoms with E-state index in [4.69, 9.17) is 4.74 Å². The number of carbonyl (C=O) groups is 1. The number of hydrogen-bond donors (Lipinski definition) is 4. The highest BCUT2D eigenvalue weighted by Crippen LogP contribution is 2.65. The Hall–Kier alpha value is -3.03. The van der Waals surface area contributed by atoms with E-state index in [2.05, 4.69) is 27.5 Å². The topological polar surface area (TPSA) is 97.8 Å². The molecule has 0 radical (unpaired) electrons. The molecule has 2 aromatic carbocycles. The van der Waals surface area contributed by atoms with E-state index in [9.17, 15) is 15.0 Å². The summed E-state index contributed by atoms with van der Waals surface area (Å²) in [5, 5.41) is 28.1. The molecule has 2 aliphatic heterocycles. The first kappa shape index (κ1) is 24.6. The third-order valence-corrected chi connectivity index (χ3v) is 11.9. The van der Waals surface area contributed by atoms with Gasteiger partial charge in [-0.05, 0) is 93.0 Å². The standard InChI is InChI=1S/C34H39N3O4/c38-26-11-10-21-16-27-34(40)13-12-25(31-33(34,28(21)30(26)41-31)14-15-37(27)18-19-8-9-19)36-32(39)23-7-3-6-22-24(17-35-29(22)23)20-4-1-2-5-20/h3,6-7,10-11,17,19-20,25,27,31,35,38,40H,1-2,4-5,8-9,12-16,18H2,(H,36,39)/t25-,27-,31+,33+,34-/m1/s1. The number of aliphatic hydroxyl groups is 1. The molecule has 5 atom stereocenters. The van der Waals surface area contributed by atoms with E-state index in [0.717, 1.165) is 48.3 Å². The second kappa shape index (κ2) is 8.51. The number of hydrogen-bond acceptors (Lipinski definition) is 5. The summed E-state index contributed by atoms with van der Waals surface area (Å²) >= 11 is 0. The monoisotopic (exact) mass is 553 g/mol. The molecule has 3 heterocycles. The highest BCUT2D eigenvalue weighted by molar-refractivity contribution is 6.06. The van der Waals surface area contributed by atoms with Gasteiger partial charge in [-0.1, -0.05) is 31.0 Å². The van der Waals surface area contributed by atoms with Crippen molar-refractivity contribution < 1.29 is 19.7 Å². The van der Waals surface area contributed by atoms with E-state index in [0.29, 0.717) is 30.1 Å². The molecule has 41 heavy (non-hydrogen) atoms.